The van der Waals surface area contributed by atoms with Crippen molar-refractivity contribution in [3.05, 3.63) is 46.8 Å². The first-order valence-corrected chi connectivity index (χ1v) is 12.9. The van der Waals surface area contributed by atoms with E-state index in [2.05, 4.69) is 30.8 Å². The van der Waals surface area contributed by atoms with Crippen LogP contribution in [0.15, 0.2) is 24.5 Å². The summed E-state index contributed by atoms with van der Waals surface area (Å²) in [5.41, 5.74) is 0.601. The number of benzene rings is 1. The molecule has 1 aromatic heterocycles. The molecule has 198 valence electrons. The molecule has 12 heteroatoms. The highest BCUT2D eigenvalue weighted by atomic mass is 35.5. The second-order valence-electron chi connectivity index (χ2n) is 10.0. The van der Waals surface area contributed by atoms with Crippen molar-refractivity contribution in [1.29, 1.82) is 0 Å². The van der Waals surface area contributed by atoms with Crippen LogP contribution in [0.5, 0.6) is 0 Å². The summed E-state index contributed by atoms with van der Waals surface area (Å²) >= 11 is 6.00. The van der Waals surface area contributed by atoms with Gasteiger partial charge < -0.3 is 25.7 Å². The first kappa shape index (κ1) is 25.6. The van der Waals surface area contributed by atoms with Gasteiger partial charge in [-0.1, -0.05) is 11.6 Å². The molecule has 3 aliphatic rings. The zero-order valence-corrected chi connectivity index (χ0v) is 21.1. The summed E-state index contributed by atoms with van der Waals surface area (Å²) in [6, 6.07) is 3.70. The maximum atomic E-state index is 13.2. The molecule has 0 bridgehead atoms. The number of ether oxygens (including phenoxy) is 1. The van der Waals surface area contributed by atoms with E-state index in [-0.39, 0.29) is 39.9 Å². The van der Waals surface area contributed by atoms with Gasteiger partial charge in [0, 0.05) is 44.6 Å². The fourth-order valence-electron chi connectivity index (χ4n) is 5.20. The number of likely N-dealkylation sites (tertiary alicyclic amines) is 1. The number of hydrogen-bond acceptors (Lipinski definition) is 6. The smallest absolute Gasteiger partial charge is 0.272 e. The Hall–Kier alpha value is -3.02. The van der Waals surface area contributed by atoms with Crippen LogP contribution in [0.4, 0.5) is 10.1 Å². The number of halogens is 2. The summed E-state index contributed by atoms with van der Waals surface area (Å²) in [6.07, 6.45) is 4.80. The Labute approximate surface area is 218 Å². The van der Waals surface area contributed by atoms with Gasteiger partial charge in [0.2, 0.25) is 5.91 Å². The number of H-pyrrole nitrogens is 1. The molecule has 1 aromatic carbocycles. The Bertz CT molecular complexity index is 1170. The van der Waals surface area contributed by atoms with E-state index >= 15 is 0 Å². The van der Waals surface area contributed by atoms with E-state index in [4.69, 9.17) is 16.3 Å². The van der Waals surface area contributed by atoms with Crippen LogP contribution in [0.1, 0.15) is 53.1 Å². The molecule has 1 spiro atoms. The van der Waals surface area contributed by atoms with Gasteiger partial charge in [-0.05, 0) is 43.9 Å². The Morgan fingerprint density at radius 2 is 1.95 bits per heavy atom. The normalized spacial score (nSPS) is 22.5. The fourth-order valence-corrected chi connectivity index (χ4v) is 5.42. The third kappa shape index (κ3) is 5.78. The number of rotatable bonds is 8. The van der Waals surface area contributed by atoms with Crippen molar-refractivity contribution in [2.24, 2.45) is 5.92 Å². The van der Waals surface area contributed by atoms with E-state index in [1.807, 2.05) is 0 Å². The summed E-state index contributed by atoms with van der Waals surface area (Å²) in [5, 5.41) is 8.68. The van der Waals surface area contributed by atoms with E-state index in [1.165, 1.54) is 18.5 Å². The average molecular weight is 533 g/mol. The molecule has 2 aromatic rings. The number of carbonyl (C=O) groups is 3. The van der Waals surface area contributed by atoms with Crippen molar-refractivity contribution < 1.29 is 23.5 Å². The van der Waals surface area contributed by atoms with Crippen molar-refractivity contribution in [1.82, 2.24) is 25.5 Å². The molecule has 2 saturated heterocycles. The number of aromatic amines is 1. The van der Waals surface area contributed by atoms with E-state index < -0.39 is 17.6 Å². The number of imidazole rings is 1. The van der Waals surface area contributed by atoms with E-state index in [0.717, 1.165) is 32.2 Å². The summed E-state index contributed by atoms with van der Waals surface area (Å²) < 4.78 is 18.8. The van der Waals surface area contributed by atoms with Crippen molar-refractivity contribution in [3.8, 4) is 0 Å². The van der Waals surface area contributed by atoms with Crippen molar-refractivity contribution in [2.45, 2.75) is 43.7 Å². The highest BCUT2D eigenvalue weighted by molar-refractivity contribution is 6.33. The molecule has 1 aliphatic carbocycles. The van der Waals surface area contributed by atoms with Crippen molar-refractivity contribution in [2.75, 3.05) is 38.1 Å². The third-order valence-electron chi connectivity index (χ3n) is 7.41. The van der Waals surface area contributed by atoms with Gasteiger partial charge in [-0.25, -0.2) is 9.37 Å². The van der Waals surface area contributed by atoms with Gasteiger partial charge in [-0.3, -0.25) is 19.3 Å². The predicted octanol–water partition coefficient (Wildman–Crippen LogP) is 2.33. The number of amides is 3. The maximum Gasteiger partial charge on any atom is 0.272 e. The summed E-state index contributed by atoms with van der Waals surface area (Å²) in [6.45, 7) is 3.79. The van der Waals surface area contributed by atoms with Gasteiger partial charge >= 0.3 is 0 Å². The van der Waals surface area contributed by atoms with Crippen LogP contribution < -0.4 is 16.0 Å². The molecule has 0 atom stereocenters. The molecule has 3 heterocycles. The van der Waals surface area contributed by atoms with Gasteiger partial charge in [0.05, 0.1) is 29.2 Å². The molecule has 2 aliphatic heterocycles. The highest BCUT2D eigenvalue weighted by Gasteiger charge is 2.48. The molecule has 1 saturated carbocycles. The largest absolute Gasteiger partial charge is 0.372 e. The van der Waals surface area contributed by atoms with Crippen LogP contribution in [0, 0.1) is 11.7 Å². The number of carbonyl (C=O) groups excluding carboxylic acids is 3. The molecular weight excluding hydrogens is 503 g/mol. The van der Waals surface area contributed by atoms with Crippen LogP contribution >= 0.6 is 11.6 Å². The van der Waals surface area contributed by atoms with Gasteiger partial charge in [0.25, 0.3) is 11.8 Å². The van der Waals surface area contributed by atoms with Crippen molar-refractivity contribution in [3.63, 3.8) is 0 Å². The van der Waals surface area contributed by atoms with Gasteiger partial charge in [0.1, 0.15) is 11.5 Å². The lowest BCUT2D eigenvalue weighted by Crippen LogP contribution is -2.68. The molecule has 0 radical (unpaired) electrons. The molecule has 3 amide bonds. The summed E-state index contributed by atoms with van der Waals surface area (Å²) in [5.74, 6) is -1.69. The zero-order valence-electron chi connectivity index (χ0n) is 20.3. The number of anilines is 1. The quantitative estimate of drug-likeness (QED) is 0.413. The Kier molecular flexibility index (Phi) is 7.45. The SMILES string of the molecule is O=C(NCCN1CC2(CCO2)C1)c1nc[nH]c1C(=O)N[C@H]1CC[C@H](C(=O)Nc2ccc(F)cc2Cl)CC1. The van der Waals surface area contributed by atoms with Crippen LogP contribution in [0.2, 0.25) is 5.02 Å². The minimum atomic E-state index is -0.471. The van der Waals surface area contributed by atoms with E-state index in [0.29, 0.717) is 44.5 Å². The van der Waals surface area contributed by atoms with Gasteiger partial charge in [0.15, 0.2) is 5.69 Å². The van der Waals surface area contributed by atoms with E-state index in [1.54, 1.807) is 0 Å². The minimum Gasteiger partial charge on any atom is -0.372 e. The monoisotopic (exact) mass is 532 g/mol. The second-order valence-corrected chi connectivity index (χ2v) is 10.4. The second kappa shape index (κ2) is 10.8. The number of nitrogens with zero attached hydrogens (tertiary/aromatic N) is 2. The lowest BCUT2D eigenvalue weighted by molar-refractivity contribution is -0.220. The predicted molar refractivity (Wildman–Crippen MR) is 134 cm³/mol. The zero-order chi connectivity index (χ0) is 26.0. The van der Waals surface area contributed by atoms with Gasteiger partial charge in [-0.15, -0.1) is 0 Å². The Morgan fingerprint density at radius 1 is 1.19 bits per heavy atom. The molecule has 4 N–H and O–H groups in total. The van der Waals surface area contributed by atoms with Gasteiger partial charge in [-0.2, -0.15) is 0 Å². The van der Waals surface area contributed by atoms with Crippen LogP contribution in [-0.4, -0.2) is 77.0 Å². The number of hydrogen-bond donors (Lipinski definition) is 4. The molecule has 10 nitrogen and oxygen atoms in total. The Morgan fingerprint density at radius 3 is 2.62 bits per heavy atom. The topological polar surface area (TPSA) is 128 Å². The molecule has 5 rings (SSSR count). The molecule has 37 heavy (non-hydrogen) atoms. The number of aromatic nitrogens is 2. The summed E-state index contributed by atoms with van der Waals surface area (Å²) in [7, 11) is 0. The number of nitrogens with one attached hydrogen (secondary N) is 4. The lowest BCUT2D eigenvalue weighted by Gasteiger charge is -2.55. The minimum absolute atomic E-state index is 0.0523. The molecule has 0 unspecified atom stereocenters. The van der Waals surface area contributed by atoms with Crippen LogP contribution in [-0.2, 0) is 9.53 Å². The van der Waals surface area contributed by atoms with Crippen LogP contribution in [0.3, 0.4) is 0 Å². The Balaban J connectivity index is 1.05. The average Bonchev–Trinajstić information content (AvgIpc) is 3.32. The first-order chi connectivity index (χ1) is 17.8. The van der Waals surface area contributed by atoms with Crippen LogP contribution in [0.25, 0.3) is 0 Å². The fraction of sp³-hybridized carbons (Fsp3) is 0.520. The standard InChI is InChI=1S/C25H30ClFN6O4/c26-18-11-16(27)3-6-19(18)32-22(34)15-1-4-17(5-2-15)31-24(36)21-20(29-14-30-21)23(35)28-8-9-33-12-25(13-33)7-10-37-25/h3,6,11,14-15,17H,1-2,4-5,7-10,12-13H2,(H,28,35)(H,29,30)(H,31,36)(H,32,34)/t15-,17-. The summed E-state index contributed by atoms with van der Waals surface area (Å²) in [4.78, 5) is 47.2. The molecule has 3 fully saturated rings. The first-order valence-electron chi connectivity index (χ1n) is 12.6. The van der Waals surface area contributed by atoms with Crippen molar-refractivity contribution >= 4 is 35.0 Å². The molecular formula is C25H30ClFN6O4. The maximum absolute atomic E-state index is 13.2. The third-order valence-corrected chi connectivity index (χ3v) is 7.72. The lowest BCUT2D eigenvalue weighted by atomic mass is 9.85. The van der Waals surface area contributed by atoms with E-state index in [9.17, 15) is 18.8 Å². The highest BCUT2D eigenvalue weighted by Crippen LogP contribution is 2.35.